The third-order valence-electron chi connectivity index (χ3n) is 6.43. The third kappa shape index (κ3) is 4.74. The Kier molecular flexibility index (Phi) is 6.45. The number of aryl methyl sites for hydroxylation is 3. The maximum atomic E-state index is 13.1. The number of amides is 1. The van der Waals surface area contributed by atoms with Crippen LogP contribution in [0.4, 0.5) is 5.69 Å². The van der Waals surface area contributed by atoms with Gasteiger partial charge in [-0.2, -0.15) is 4.31 Å². The summed E-state index contributed by atoms with van der Waals surface area (Å²) in [7, 11) is -3.71. The zero-order chi connectivity index (χ0) is 23.8. The Labute approximate surface area is 193 Å². The van der Waals surface area contributed by atoms with Crippen molar-refractivity contribution in [3.63, 3.8) is 0 Å². The quantitative estimate of drug-likeness (QED) is 0.591. The van der Waals surface area contributed by atoms with E-state index >= 15 is 0 Å². The Bertz CT molecular complexity index is 1350. The average molecular weight is 472 g/mol. The summed E-state index contributed by atoms with van der Waals surface area (Å²) in [5.74, 6) is -0.426. The van der Waals surface area contributed by atoms with Gasteiger partial charge in [-0.1, -0.05) is 6.07 Å². The van der Waals surface area contributed by atoms with Gasteiger partial charge >= 0.3 is 5.76 Å². The fraction of sp³-hybridized carbons (Fsp3) is 0.417. The number of carbonyl (C=O) groups is 1. The van der Waals surface area contributed by atoms with Gasteiger partial charge in [-0.05, 0) is 74.9 Å². The number of oxazole rings is 1. The lowest BCUT2D eigenvalue weighted by Gasteiger charge is -2.31. The van der Waals surface area contributed by atoms with E-state index in [1.54, 1.807) is 6.07 Å². The van der Waals surface area contributed by atoms with Crippen LogP contribution in [0.15, 0.2) is 50.5 Å². The zero-order valence-electron chi connectivity index (χ0n) is 19.1. The van der Waals surface area contributed by atoms with Crippen molar-refractivity contribution in [2.24, 2.45) is 5.92 Å². The molecule has 0 atom stereocenters. The standard InChI is InChI=1S/C24H29N3O5S/c1-4-27-21-8-7-20(15-22(21)32-24(27)29)33(30,31)26-11-9-18(10-12-26)14-23(28)25-19-6-5-16(2)17(3)13-19/h5-8,13,15,18H,4,9-12,14H2,1-3H3,(H,25,28). The highest BCUT2D eigenvalue weighted by Gasteiger charge is 2.30. The normalized spacial score (nSPS) is 15.7. The second kappa shape index (κ2) is 9.15. The molecular weight excluding hydrogens is 442 g/mol. The molecule has 8 nitrogen and oxygen atoms in total. The van der Waals surface area contributed by atoms with Gasteiger partial charge in [0.25, 0.3) is 0 Å². The van der Waals surface area contributed by atoms with Crippen molar-refractivity contribution in [3.8, 4) is 0 Å². The van der Waals surface area contributed by atoms with Crippen molar-refractivity contribution in [2.75, 3.05) is 18.4 Å². The first-order valence-corrected chi connectivity index (χ1v) is 12.6. The van der Waals surface area contributed by atoms with Crippen molar-refractivity contribution in [1.29, 1.82) is 0 Å². The molecule has 0 saturated carbocycles. The van der Waals surface area contributed by atoms with Crippen molar-refractivity contribution < 1.29 is 17.6 Å². The molecule has 0 radical (unpaired) electrons. The van der Waals surface area contributed by atoms with Gasteiger partial charge in [0, 0.05) is 37.8 Å². The third-order valence-corrected chi connectivity index (χ3v) is 8.33. The number of nitrogens with zero attached hydrogens (tertiary/aromatic N) is 2. The molecule has 1 amide bonds. The van der Waals surface area contributed by atoms with Crippen LogP contribution in [-0.4, -0.2) is 36.3 Å². The van der Waals surface area contributed by atoms with Gasteiger partial charge in [0.1, 0.15) is 0 Å². The Morgan fingerprint density at radius 3 is 2.48 bits per heavy atom. The largest absolute Gasteiger partial charge is 0.419 e. The molecule has 1 N–H and O–H groups in total. The minimum Gasteiger partial charge on any atom is -0.408 e. The smallest absolute Gasteiger partial charge is 0.408 e. The molecular formula is C24H29N3O5S. The summed E-state index contributed by atoms with van der Waals surface area (Å²) in [6.07, 6.45) is 1.59. The van der Waals surface area contributed by atoms with Gasteiger partial charge in [-0.3, -0.25) is 9.36 Å². The number of hydrogen-bond donors (Lipinski definition) is 1. The molecule has 1 aromatic heterocycles. The molecule has 0 unspecified atom stereocenters. The van der Waals surface area contributed by atoms with Crippen LogP contribution in [0, 0.1) is 19.8 Å². The van der Waals surface area contributed by atoms with E-state index in [-0.39, 0.29) is 22.3 Å². The molecule has 2 heterocycles. The highest BCUT2D eigenvalue weighted by Crippen LogP contribution is 2.28. The van der Waals surface area contributed by atoms with Gasteiger partial charge < -0.3 is 9.73 Å². The summed E-state index contributed by atoms with van der Waals surface area (Å²) in [6.45, 7) is 7.00. The van der Waals surface area contributed by atoms with E-state index in [0.29, 0.717) is 44.4 Å². The lowest BCUT2D eigenvalue weighted by atomic mass is 9.94. The zero-order valence-corrected chi connectivity index (χ0v) is 19.9. The summed E-state index contributed by atoms with van der Waals surface area (Å²) >= 11 is 0. The first-order chi connectivity index (χ1) is 15.7. The second-order valence-corrected chi connectivity index (χ2v) is 10.6. The van der Waals surface area contributed by atoms with Crippen LogP contribution in [0.5, 0.6) is 0 Å². The lowest BCUT2D eigenvalue weighted by molar-refractivity contribution is -0.117. The number of fused-ring (bicyclic) bond motifs is 1. The topological polar surface area (TPSA) is 102 Å². The highest BCUT2D eigenvalue weighted by molar-refractivity contribution is 7.89. The molecule has 1 aliphatic rings. The summed E-state index contributed by atoms with van der Waals surface area (Å²) in [4.78, 5) is 24.5. The fourth-order valence-corrected chi connectivity index (χ4v) is 5.79. The molecule has 9 heteroatoms. The summed E-state index contributed by atoms with van der Waals surface area (Å²) < 4.78 is 34.4. The van der Waals surface area contributed by atoms with Crippen molar-refractivity contribution in [2.45, 2.75) is 51.5 Å². The number of anilines is 1. The highest BCUT2D eigenvalue weighted by atomic mass is 32.2. The Hall–Kier alpha value is -2.91. The second-order valence-electron chi connectivity index (χ2n) is 8.64. The summed E-state index contributed by atoms with van der Waals surface area (Å²) in [6, 6.07) is 10.4. The molecule has 3 aromatic rings. The predicted octanol–water partition coefficient (Wildman–Crippen LogP) is 3.66. The number of benzene rings is 2. The number of nitrogens with one attached hydrogen (secondary N) is 1. The number of carbonyl (C=O) groups excluding carboxylic acids is 1. The van der Waals surface area contributed by atoms with Crippen molar-refractivity contribution in [3.05, 3.63) is 58.1 Å². The minimum absolute atomic E-state index is 0.0551. The monoisotopic (exact) mass is 471 g/mol. The maximum absolute atomic E-state index is 13.1. The van der Waals surface area contributed by atoms with Crippen molar-refractivity contribution >= 4 is 32.7 Å². The SMILES string of the molecule is CCn1c(=O)oc2cc(S(=O)(=O)N3CCC(CC(=O)Nc4ccc(C)c(C)c4)CC3)ccc21. The molecule has 1 aliphatic heterocycles. The van der Waals surface area contributed by atoms with E-state index in [0.717, 1.165) is 11.3 Å². The number of aromatic nitrogens is 1. The Balaban J connectivity index is 1.38. The Morgan fingerprint density at radius 2 is 1.82 bits per heavy atom. The fourth-order valence-electron chi connectivity index (χ4n) is 4.30. The first kappa shape index (κ1) is 23.3. The van der Waals surface area contributed by atoms with E-state index in [4.69, 9.17) is 4.42 Å². The van der Waals surface area contributed by atoms with Crippen LogP contribution >= 0.6 is 0 Å². The van der Waals surface area contributed by atoms with Crippen molar-refractivity contribution in [1.82, 2.24) is 8.87 Å². The number of rotatable bonds is 6. The average Bonchev–Trinajstić information content (AvgIpc) is 3.10. The summed E-state index contributed by atoms with van der Waals surface area (Å²) in [5.41, 5.74) is 3.92. The van der Waals surface area contributed by atoms with E-state index in [1.165, 1.54) is 26.6 Å². The van der Waals surface area contributed by atoms with Crippen LogP contribution in [0.3, 0.4) is 0 Å². The van der Waals surface area contributed by atoms with Gasteiger partial charge in [0.15, 0.2) is 5.58 Å². The van der Waals surface area contributed by atoms with Gasteiger partial charge in [0.05, 0.1) is 10.4 Å². The molecule has 1 saturated heterocycles. The van der Waals surface area contributed by atoms with Gasteiger partial charge in [0.2, 0.25) is 15.9 Å². The maximum Gasteiger partial charge on any atom is 0.419 e. The predicted molar refractivity (Wildman–Crippen MR) is 127 cm³/mol. The minimum atomic E-state index is -3.71. The molecule has 0 aliphatic carbocycles. The van der Waals surface area contributed by atoms with Crippen LogP contribution < -0.4 is 11.1 Å². The van der Waals surface area contributed by atoms with E-state index < -0.39 is 15.8 Å². The molecule has 0 bridgehead atoms. The Morgan fingerprint density at radius 1 is 1.09 bits per heavy atom. The van der Waals surface area contributed by atoms with E-state index in [9.17, 15) is 18.0 Å². The van der Waals surface area contributed by atoms with Gasteiger partial charge in [-0.25, -0.2) is 13.2 Å². The van der Waals surface area contributed by atoms with Crippen LogP contribution in [0.1, 0.15) is 37.3 Å². The van der Waals surface area contributed by atoms with Crippen LogP contribution in [0.25, 0.3) is 11.1 Å². The van der Waals surface area contributed by atoms with Crippen LogP contribution in [0.2, 0.25) is 0 Å². The van der Waals surface area contributed by atoms with Crippen LogP contribution in [-0.2, 0) is 21.4 Å². The number of hydrogen-bond acceptors (Lipinski definition) is 5. The van der Waals surface area contributed by atoms with E-state index in [2.05, 4.69) is 5.32 Å². The molecule has 2 aromatic carbocycles. The molecule has 1 fully saturated rings. The van der Waals surface area contributed by atoms with E-state index in [1.807, 2.05) is 39.0 Å². The first-order valence-electron chi connectivity index (χ1n) is 11.2. The molecule has 33 heavy (non-hydrogen) atoms. The molecule has 0 spiro atoms. The number of sulfonamides is 1. The molecule has 176 valence electrons. The number of piperidine rings is 1. The summed E-state index contributed by atoms with van der Waals surface area (Å²) in [5, 5.41) is 2.94. The lowest BCUT2D eigenvalue weighted by Crippen LogP contribution is -2.39. The van der Waals surface area contributed by atoms with Gasteiger partial charge in [-0.15, -0.1) is 0 Å². The molecule has 4 rings (SSSR count).